The summed E-state index contributed by atoms with van der Waals surface area (Å²) in [4.78, 5) is 26.4. The van der Waals surface area contributed by atoms with Crippen molar-refractivity contribution in [1.29, 1.82) is 0 Å². The summed E-state index contributed by atoms with van der Waals surface area (Å²) in [6.07, 6.45) is 3.19. The molecule has 1 fully saturated rings. The minimum Gasteiger partial charge on any atom is -0.338 e. The highest BCUT2D eigenvalue weighted by atomic mass is 16.2. The molecule has 2 heterocycles. The van der Waals surface area contributed by atoms with Gasteiger partial charge in [0.1, 0.15) is 5.82 Å². The van der Waals surface area contributed by atoms with E-state index in [0.717, 1.165) is 37.3 Å². The van der Waals surface area contributed by atoms with E-state index < -0.39 is 0 Å². The van der Waals surface area contributed by atoms with Crippen LogP contribution in [0.5, 0.6) is 0 Å². The molecule has 1 aliphatic heterocycles. The molecule has 1 aliphatic rings. The molecule has 140 valence electrons. The average Bonchev–Trinajstić information content (AvgIpc) is 2.92. The SMILES string of the molecule is CCc1cc(NC(=O)C[C@@H]2CCCN(C(=O)NCC(C)C)C2)n(C)n1. The van der Waals surface area contributed by atoms with Gasteiger partial charge in [-0.3, -0.25) is 9.48 Å². The second-order valence-corrected chi connectivity index (χ2v) is 7.28. The number of aryl methyl sites for hydroxylation is 2. The zero-order valence-electron chi connectivity index (χ0n) is 15.8. The average molecular weight is 349 g/mol. The van der Waals surface area contributed by atoms with Gasteiger partial charge < -0.3 is 15.5 Å². The van der Waals surface area contributed by atoms with Crippen LogP contribution in [-0.4, -0.2) is 46.3 Å². The Kier molecular flexibility index (Phi) is 6.84. The number of nitrogens with zero attached hydrogens (tertiary/aromatic N) is 3. The fourth-order valence-corrected chi connectivity index (χ4v) is 3.09. The van der Waals surface area contributed by atoms with Gasteiger partial charge in [0.2, 0.25) is 5.91 Å². The van der Waals surface area contributed by atoms with E-state index in [1.165, 1.54) is 0 Å². The van der Waals surface area contributed by atoms with Crippen molar-refractivity contribution in [1.82, 2.24) is 20.0 Å². The summed E-state index contributed by atoms with van der Waals surface area (Å²) in [6.45, 7) is 8.28. The number of anilines is 1. The molecule has 0 bridgehead atoms. The minimum absolute atomic E-state index is 0.0138. The van der Waals surface area contributed by atoms with Crippen molar-refractivity contribution in [3.05, 3.63) is 11.8 Å². The Morgan fingerprint density at radius 2 is 2.16 bits per heavy atom. The van der Waals surface area contributed by atoms with E-state index in [4.69, 9.17) is 0 Å². The van der Waals surface area contributed by atoms with Gasteiger partial charge in [-0.15, -0.1) is 0 Å². The Hall–Kier alpha value is -2.05. The van der Waals surface area contributed by atoms with Gasteiger partial charge in [0.15, 0.2) is 0 Å². The van der Waals surface area contributed by atoms with Crippen molar-refractivity contribution in [3.8, 4) is 0 Å². The maximum atomic E-state index is 12.4. The maximum Gasteiger partial charge on any atom is 0.317 e. The summed E-state index contributed by atoms with van der Waals surface area (Å²) >= 11 is 0. The standard InChI is InChI=1S/C18H31N5O2/c1-5-15-10-16(22(4)21-15)20-17(24)9-14-7-6-8-23(12-14)18(25)19-11-13(2)3/h10,13-14H,5-9,11-12H2,1-4H3,(H,19,25)(H,20,24)/t14-/m0/s1. The molecule has 7 nitrogen and oxygen atoms in total. The van der Waals surface area contributed by atoms with Crippen LogP contribution in [0.2, 0.25) is 0 Å². The fourth-order valence-electron chi connectivity index (χ4n) is 3.09. The molecule has 0 radical (unpaired) electrons. The largest absolute Gasteiger partial charge is 0.338 e. The van der Waals surface area contributed by atoms with Gasteiger partial charge in [-0.25, -0.2) is 4.79 Å². The molecule has 0 aliphatic carbocycles. The molecule has 2 rings (SSSR count). The van der Waals surface area contributed by atoms with Crippen molar-refractivity contribution in [2.45, 2.75) is 46.5 Å². The van der Waals surface area contributed by atoms with Crippen LogP contribution in [0.15, 0.2) is 6.07 Å². The highest BCUT2D eigenvalue weighted by Crippen LogP contribution is 2.21. The first-order valence-electron chi connectivity index (χ1n) is 9.24. The molecule has 1 atom stereocenters. The number of amides is 3. The Morgan fingerprint density at radius 3 is 2.80 bits per heavy atom. The number of hydrogen-bond donors (Lipinski definition) is 2. The first-order chi connectivity index (χ1) is 11.9. The molecular weight excluding hydrogens is 318 g/mol. The summed E-state index contributed by atoms with van der Waals surface area (Å²) in [5.41, 5.74) is 0.962. The Balaban J connectivity index is 1.83. The molecule has 1 aromatic rings. The maximum absolute atomic E-state index is 12.4. The van der Waals surface area contributed by atoms with Crippen LogP contribution < -0.4 is 10.6 Å². The quantitative estimate of drug-likeness (QED) is 0.827. The van der Waals surface area contributed by atoms with Crippen LogP contribution in [0.4, 0.5) is 10.6 Å². The molecule has 0 spiro atoms. The van der Waals surface area contributed by atoms with E-state index in [2.05, 4.69) is 29.6 Å². The third-order valence-electron chi connectivity index (χ3n) is 4.50. The zero-order chi connectivity index (χ0) is 18.4. The molecule has 25 heavy (non-hydrogen) atoms. The fraction of sp³-hybridized carbons (Fsp3) is 0.722. The minimum atomic E-state index is -0.0157. The number of nitrogens with one attached hydrogen (secondary N) is 2. The first-order valence-corrected chi connectivity index (χ1v) is 9.24. The van der Waals surface area contributed by atoms with Crippen LogP contribution in [-0.2, 0) is 18.3 Å². The van der Waals surface area contributed by atoms with Crippen LogP contribution >= 0.6 is 0 Å². The lowest BCUT2D eigenvalue weighted by atomic mass is 9.94. The number of piperidine rings is 1. The van der Waals surface area contributed by atoms with E-state index in [1.54, 1.807) is 4.68 Å². The molecule has 3 amide bonds. The first kappa shape index (κ1) is 19.3. The monoisotopic (exact) mass is 349 g/mol. The topological polar surface area (TPSA) is 79.3 Å². The molecule has 0 unspecified atom stereocenters. The third-order valence-corrected chi connectivity index (χ3v) is 4.50. The van der Waals surface area contributed by atoms with Gasteiger partial charge >= 0.3 is 6.03 Å². The summed E-state index contributed by atoms with van der Waals surface area (Å²) in [5, 5.41) is 10.2. The Morgan fingerprint density at radius 1 is 1.40 bits per heavy atom. The number of likely N-dealkylation sites (tertiary alicyclic amines) is 1. The Bertz CT molecular complexity index is 596. The van der Waals surface area contributed by atoms with E-state index in [0.29, 0.717) is 25.4 Å². The van der Waals surface area contributed by atoms with E-state index in [-0.39, 0.29) is 17.9 Å². The van der Waals surface area contributed by atoms with Crippen molar-refractivity contribution in [3.63, 3.8) is 0 Å². The highest BCUT2D eigenvalue weighted by molar-refractivity contribution is 5.90. The summed E-state index contributed by atoms with van der Waals surface area (Å²) in [7, 11) is 1.83. The normalized spacial score (nSPS) is 17.6. The molecule has 1 aromatic heterocycles. The second-order valence-electron chi connectivity index (χ2n) is 7.28. The van der Waals surface area contributed by atoms with Crippen molar-refractivity contribution < 1.29 is 9.59 Å². The van der Waals surface area contributed by atoms with E-state index in [1.807, 2.05) is 24.9 Å². The van der Waals surface area contributed by atoms with E-state index in [9.17, 15) is 9.59 Å². The zero-order valence-corrected chi connectivity index (χ0v) is 15.8. The lowest BCUT2D eigenvalue weighted by molar-refractivity contribution is -0.117. The van der Waals surface area contributed by atoms with Gasteiger partial charge in [0, 0.05) is 39.2 Å². The smallest absolute Gasteiger partial charge is 0.317 e. The molecular formula is C18H31N5O2. The van der Waals surface area contributed by atoms with Crippen LogP contribution in [0, 0.1) is 11.8 Å². The number of carbonyl (C=O) groups is 2. The summed E-state index contributed by atoms with van der Waals surface area (Å²) < 4.78 is 1.70. The van der Waals surface area contributed by atoms with E-state index >= 15 is 0 Å². The van der Waals surface area contributed by atoms with Crippen LogP contribution in [0.3, 0.4) is 0 Å². The van der Waals surface area contributed by atoms with Crippen molar-refractivity contribution >= 4 is 17.8 Å². The number of aromatic nitrogens is 2. The molecule has 0 saturated carbocycles. The van der Waals surface area contributed by atoms with Crippen LogP contribution in [0.25, 0.3) is 0 Å². The molecule has 1 saturated heterocycles. The molecule has 2 N–H and O–H groups in total. The highest BCUT2D eigenvalue weighted by Gasteiger charge is 2.25. The second kappa shape index (κ2) is 8.87. The predicted molar refractivity (Wildman–Crippen MR) is 98.4 cm³/mol. The summed E-state index contributed by atoms with van der Waals surface area (Å²) in [6, 6.07) is 1.89. The van der Waals surface area contributed by atoms with Crippen molar-refractivity contribution in [2.75, 3.05) is 25.0 Å². The van der Waals surface area contributed by atoms with Gasteiger partial charge in [-0.05, 0) is 31.1 Å². The van der Waals surface area contributed by atoms with Crippen molar-refractivity contribution in [2.24, 2.45) is 18.9 Å². The molecule has 7 heteroatoms. The predicted octanol–water partition coefficient (Wildman–Crippen LogP) is 2.39. The number of carbonyl (C=O) groups excluding carboxylic acids is 2. The van der Waals surface area contributed by atoms with Crippen LogP contribution in [0.1, 0.15) is 45.7 Å². The van der Waals surface area contributed by atoms with Gasteiger partial charge in [-0.1, -0.05) is 20.8 Å². The summed E-state index contributed by atoms with van der Waals surface area (Å²) in [5.74, 6) is 1.35. The number of rotatable bonds is 6. The third kappa shape index (κ3) is 5.76. The number of urea groups is 1. The Labute approximate surface area is 150 Å². The van der Waals surface area contributed by atoms with Gasteiger partial charge in [0.25, 0.3) is 0 Å². The lowest BCUT2D eigenvalue weighted by Gasteiger charge is -2.32. The van der Waals surface area contributed by atoms with Gasteiger partial charge in [-0.2, -0.15) is 5.10 Å². The molecule has 0 aromatic carbocycles. The van der Waals surface area contributed by atoms with Gasteiger partial charge in [0.05, 0.1) is 5.69 Å². The lowest BCUT2D eigenvalue weighted by Crippen LogP contribution is -2.46. The number of hydrogen-bond acceptors (Lipinski definition) is 3.